The number of aromatic nitrogens is 2. The van der Waals surface area contributed by atoms with Crippen molar-refractivity contribution in [3.05, 3.63) is 46.5 Å². The van der Waals surface area contributed by atoms with Crippen LogP contribution in [-0.2, 0) is 20.2 Å². The van der Waals surface area contributed by atoms with Gasteiger partial charge >= 0.3 is 0 Å². The fourth-order valence-electron chi connectivity index (χ4n) is 1.48. The fraction of sp³-hybridized carbons (Fsp3) is 0.250. The molecule has 0 atom stereocenters. The number of hydrogen-bond acceptors (Lipinski definition) is 3. The minimum atomic E-state index is 0.443. The number of imidazole rings is 1. The minimum Gasteiger partial charge on any atom is -0.486 e. The summed E-state index contributed by atoms with van der Waals surface area (Å²) in [5.74, 6) is 1.69. The summed E-state index contributed by atoms with van der Waals surface area (Å²) in [6.07, 6.45) is 1.92. The van der Waals surface area contributed by atoms with E-state index in [9.17, 15) is 0 Å². The van der Waals surface area contributed by atoms with Gasteiger partial charge in [-0.1, -0.05) is 15.9 Å². The second kappa shape index (κ2) is 5.33. The van der Waals surface area contributed by atoms with E-state index in [1.165, 1.54) is 0 Å². The molecule has 1 aromatic heterocycles. The summed E-state index contributed by atoms with van der Waals surface area (Å²) >= 11 is 3.38. The van der Waals surface area contributed by atoms with E-state index >= 15 is 0 Å². The Bertz CT molecular complexity index is 493. The molecule has 0 saturated carbocycles. The van der Waals surface area contributed by atoms with Crippen molar-refractivity contribution in [2.75, 3.05) is 0 Å². The van der Waals surface area contributed by atoms with Gasteiger partial charge in [0.05, 0.1) is 5.69 Å². The van der Waals surface area contributed by atoms with Crippen LogP contribution >= 0.6 is 15.9 Å². The molecule has 90 valence electrons. The van der Waals surface area contributed by atoms with Crippen molar-refractivity contribution in [2.45, 2.75) is 13.2 Å². The van der Waals surface area contributed by atoms with E-state index in [4.69, 9.17) is 10.5 Å². The predicted octanol–water partition coefficient (Wildman–Crippen LogP) is 2.22. The van der Waals surface area contributed by atoms with Gasteiger partial charge in [-0.15, -0.1) is 0 Å². The molecule has 0 fully saturated rings. The minimum absolute atomic E-state index is 0.443. The van der Waals surface area contributed by atoms with Crippen LogP contribution < -0.4 is 10.5 Å². The lowest BCUT2D eigenvalue weighted by molar-refractivity contribution is 0.291. The molecule has 1 aromatic carbocycles. The monoisotopic (exact) mass is 295 g/mol. The van der Waals surface area contributed by atoms with Gasteiger partial charge < -0.3 is 15.0 Å². The van der Waals surface area contributed by atoms with Gasteiger partial charge in [0.1, 0.15) is 18.2 Å². The van der Waals surface area contributed by atoms with Crippen molar-refractivity contribution >= 4 is 15.9 Å². The Balaban J connectivity index is 2.01. The van der Waals surface area contributed by atoms with E-state index in [0.29, 0.717) is 13.2 Å². The maximum atomic E-state index is 5.64. The SMILES string of the molecule is Cn1cc(CN)nc1COc1ccc(Br)cc1. The van der Waals surface area contributed by atoms with Crippen LogP contribution in [0.1, 0.15) is 11.5 Å². The summed E-state index contributed by atoms with van der Waals surface area (Å²) in [6, 6.07) is 7.71. The number of aryl methyl sites for hydroxylation is 1. The van der Waals surface area contributed by atoms with Crippen molar-refractivity contribution in [3.8, 4) is 5.75 Å². The molecule has 0 amide bonds. The zero-order valence-electron chi connectivity index (χ0n) is 9.56. The van der Waals surface area contributed by atoms with Gasteiger partial charge in [0.25, 0.3) is 0 Å². The molecule has 0 radical (unpaired) electrons. The number of hydrogen-bond donors (Lipinski definition) is 1. The van der Waals surface area contributed by atoms with Crippen LogP contribution in [0, 0.1) is 0 Å². The predicted molar refractivity (Wildman–Crippen MR) is 69.6 cm³/mol. The van der Waals surface area contributed by atoms with Gasteiger partial charge in [0.2, 0.25) is 0 Å². The molecule has 17 heavy (non-hydrogen) atoms. The molecule has 5 heteroatoms. The first-order valence-corrected chi connectivity index (χ1v) is 6.08. The van der Waals surface area contributed by atoms with E-state index in [1.54, 1.807) is 0 Å². The molecule has 0 aliphatic rings. The number of nitrogens with two attached hydrogens (primary N) is 1. The molecular formula is C12H14BrN3O. The van der Waals surface area contributed by atoms with Gasteiger partial charge in [-0.2, -0.15) is 0 Å². The largest absolute Gasteiger partial charge is 0.486 e. The second-order valence-electron chi connectivity index (χ2n) is 3.71. The fourth-order valence-corrected chi connectivity index (χ4v) is 1.75. The molecule has 2 N–H and O–H groups in total. The van der Waals surface area contributed by atoms with Gasteiger partial charge in [0, 0.05) is 24.3 Å². The Kier molecular flexibility index (Phi) is 3.81. The smallest absolute Gasteiger partial charge is 0.146 e. The molecule has 0 aliphatic heterocycles. The van der Waals surface area contributed by atoms with E-state index in [0.717, 1.165) is 21.7 Å². The molecule has 0 spiro atoms. The third-order valence-electron chi connectivity index (χ3n) is 2.41. The van der Waals surface area contributed by atoms with Crippen LogP contribution in [0.15, 0.2) is 34.9 Å². The first kappa shape index (κ1) is 12.1. The molecule has 0 aliphatic carbocycles. The Labute approximate surface area is 109 Å². The summed E-state index contributed by atoms with van der Waals surface area (Å²) in [5.41, 5.74) is 6.41. The highest BCUT2D eigenvalue weighted by Gasteiger charge is 2.04. The van der Waals surface area contributed by atoms with Crippen molar-refractivity contribution in [3.63, 3.8) is 0 Å². The van der Waals surface area contributed by atoms with E-state index in [1.807, 2.05) is 42.1 Å². The lowest BCUT2D eigenvalue weighted by Crippen LogP contribution is -2.03. The van der Waals surface area contributed by atoms with Crippen molar-refractivity contribution in [2.24, 2.45) is 12.8 Å². The number of nitrogens with zero attached hydrogens (tertiary/aromatic N) is 2. The summed E-state index contributed by atoms with van der Waals surface area (Å²) in [6.45, 7) is 0.893. The van der Waals surface area contributed by atoms with E-state index in [2.05, 4.69) is 20.9 Å². The topological polar surface area (TPSA) is 53.1 Å². The molecule has 0 unspecified atom stereocenters. The molecule has 2 rings (SSSR count). The highest BCUT2D eigenvalue weighted by Crippen LogP contribution is 2.17. The Morgan fingerprint density at radius 3 is 2.65 bits per heavy atom. The van der Waals surface area contributed by atoms with Crippen molar-refractivity contribution in [1.29, 1.82) is 0 Å². The first-order valence-electron chi connectivity index (χ1n) is 5.28. The quantitative estimate of drug-likeness (QED) is 0.941. The second-order valence-corrected chi connectivity index (χ2v) is 4.62. The molecular weight excluding hydrogens is 282 g/mol. The summed E-state index contributed by atoms with van der Waals surface area (Å²) in [5, 5.41) is 0. The van der Waals surface area contributed by atoms with Crippen LogP contribution in [0.4, 0.5) is 0 Å². The highest BCUT2D eigenvalue weighted by atomic mass is 79.9. The van der Waals surface area contributed by atoms with Crippen LogP contribution in [0.2, 0.25) is 0 Å². The Hall–Kier alpha value is -1.33. The van der Waals surface area contributed by atoms with Crippen LogP contribution in [-0.4, -0.2) is 9.55 Å². The van der Waals surface area contributed by atoms with Gasteiger partial charge in [-0.05, 0) is 24.3 Å². The zero-order valence-corrected chi connectivity index (χ0v) is 11.1. The lowest BCUT2D eigenvalue weighted by atomic mass is 10.3. The molecule has 1 heterocycles. The van der Waals surface area contributed by atoms with Crippen LogP contribution in [0.25, 0.3) is 0 Å². The molecule has 0 bridgehead atoms. The number of halogens is 1. The van der Waals surface area contributed by atoms with Crippen LogP contribution in [0.3, 0.4) is 0 Å². The Morgan fingerprint density at radius 2 is 2.06 bits per heavy atom. The molecule has 0 saturated heterocycles. The number of ether oxygens (including phenoxy) is 1. The van der Waals surface area contributed by atoms with Crippen molar-refractivity contribution < 1.29 is 4.74 Å². The summed E-state index contributed by atoms with van der Waals surface area (Å²) in [7, 11) is 1.94. The molecule has 4 nitrogen and oxygen atoms in total. The van der Waals surface area contributed by atoms with Crippen LogP contribution in [0.5, 0.6) is 5.75 Å². The zero-order chi connectivity index (χ0) is 12.3. The normalized spacial score (nSPS) is 10.5. The Morgan fingerprint density at radius 1 is 1.35 bits per heavy atom. The van der Waals surface area contributed by atoms with E-state index in [-0.39, 0.29) is 0 Å². The summed E-state index contributed by atoms with van der Waals surface area (Å²) in [4.78, 5) is 4.36. The average Bonchev–Trinajstić information content (AvgIpc) is 2.69. The lowest BCUT2D eigenvalue weighted by Gasteiger charge is -2.05. The first-order chi connectivity index (χ1) is 8.19. The van der Waals surface area contributed by atoms with Gasteiger partial charge in [0.15, 0.2) is 0 Å². The molecule has 2 aromatic rings. The number of benzene rings is 1. The highest BCUT2D eigenvalue weighted by molar-refractivity contribution is 9.10. The summed E-state index contributed by atoms with van der Waals surface area (Å²) < 4.78 is 8.61. The third-order valence-corrected chi connectivity index (χ3v) is 2.94. The standard InChI is InChI=1S/C12H14BrN3O/c1-16-7-10(6-14)15-12(16)8-17-11-4-2-9(13)3-5-11/h2-5,7H,6,8,14H2,1H3. The van der Waals surface area contributed by atoms with E-state index < -0.39 is 0 Å². The average molecular weight is 296 g/mol. The maximum Gasteiger partial charge on any atom is 0.146 e. The van der Waals surface area contributed by atoms with Gasteiger partial charge in [-0.25, -0.2) is 4.98 Å². The maximum absolute atomic E-state index is 5.64. The third kappa shape index (κ3) is 3.08. The number of rotatable bonds is 4. The van der Waals surface area contributed by atoms with Gasteiger partial charge in [-0.3, -0.25) is 0 Å². The van der Waals surface area contributed by atoms with Crippen molar-refractivity contribution in [1.82, 2.24) is 9.55 Å².